The Morgan fingerprint density at radius 3 is 1.25 bits per heavy atom. The van der Waals surface area contributed by atoms with Crippen LogP contribution in [0, 0.1) is 0 Å². The molecule has 0 aromatic heterocycles. The predicted octanol–water partition coefficient (Wildman–Crippen LogP) is 3.63. The average molecular weight is 386 g/mol. The second-order valence-electron chi connectivity index (χ2n) is 6.34. The molecule has 0 bridgehead atoms. The van der Waals surface area contributed by atoms with Gasteiger partial charge in [-0.2, -0.15) is 0 Å². The number of rotatable bonds is 9. The summed E-state index contributed by atoms with van der Waals surface area (Å²) in [5, 5.41) is 0. The standard InChI is InChI=1S/C22H26O6/c1-15(27-21(23)19(25-3)17-11-7-5-8-12-17)16(2)28-22(24)20(26-4)18-13-9-6-10-14-18/h5-16,19-20H,1-4H3/t15-,16+,19-,20-/m1/s1. The van der Waals surface area contributed by atoms with Gasteiger partial charge in [-0.05, 0) is 25.0 Å². The minimum absolute atomic E-state index is 0.546. The van der Waals surface area contributed by atoms with E-state index in [2.05, 4.69) is 0 Å². The van der Waals surface area contributed by atoms with E-state index in [1.807, 2.05) is 36.4 Å². The van der Waals surface area contributed by atoms with Gasteiger partial charge in [-0.3, -0.25) is 0 Å². The van der Waals surface area contributed by atoms with Crippen molar-refractivity contribution in [3.8, 4) is 0 Å². The van der Waals surface area contributed by atoms with E-state index in [9.17, 15) is 9.59 Å². The first-order chi connectivity index (χ1) is 13.5. The van der Waals surface area contributed by atoms with Crippen LogP contribution in [-0.2, 0) is 28.5 Å². The molecule has 6 nitrogen and oxygen atoms in total. The van der Waals surface area contributed by atoms with Gasteiger partial charge in [0.15, 0.2) is 12.2 Å². The molecule has 0 unspecified atom stereocenters. The summed E-state index contributed by atoms with van der Waals surface area (Å²) in [4.78, 5) is 24.9. The van der Waals surface area contributed by atoms with Gasteiger partial charge in [0, 0.05) is 14.2 Å². The third-order valence-electron chi connectivity index (χ3n) is 4.37. The number of carbonyl (C=O) groups excluding carboxylic acids is 2. The van der Waals surface area contributed by atoms with Crippen molar-refractivity contribution in [3.05, 3.63) is 71.8 Å². The van der Waals surface area contributed by atoms with Gasteiger partial charge in [0.05, 0.1) is 0 Å². The molecule has 150 valence electrons. The number of benzene rings is 2. The monoisotopic (exact) mass is 386 g/mol. The van der Waals surface area contributed by atoms with E-state index in [0.29, 0.717) is 11.1 Å². The van der Waals surface area contributed by atoms with Crippen LogP contribution in [0.4, 0.5) is 0 Å². The van der Waals surface area contributed by atoms with Gasteiger partial charge < -0.3 is 18.9 Å². The Morgan fingerprint density at radius 1 is 0.643 bits per heavy atom. The number of carbonyl (C=O) groups is 2. The summed E-state index contributed by atoms with van der Waals surface area (Å²) in [5.41, 5.74) is 1.38. The lowest BCUT2D eigenvalue weighted by Gasteiger charge is -2.25. The fourth-order valence-electron chi connectivity index (χ4n) is 2.67. The Kier molecular flexibility index (Phi) is 8.17. The maximum atomic E-state index is 12.5. The van der Waals surface area contributed by atoms with Crippen molar-refractivity contribution in [3.63, 3.8) is 0 Å². The number of methoxy groups -OCH3 is 2. The van der Waals surface area contributed by atoms with Gasteiger partial charge in [0.25, 0.3) is 0 Å². The Morgan fingerprint density at radius 2 is 0.964 bits per heavy atom. The van der Waals surface area contributed by atoms with Crippen LogP contribution in [0.3, 0.4) is 0 Å². The smallest absolute Gasteiger partial charge is 0.340 e. The molecule has 4 atom stereocenters. The summed E-state index contributed by atoms with van der Waals surface area (Å²) in [7, 11) is 2.88. The summed E-state index contributed by atoms with van der Waals surface area (Å²) in [6, 6.07) is 18.1. The highest BCUT2D eigenvalue weighted by atomic mass is 16.6. The lowest BCUT2D eigenvalue weighted by molar-refractivity contribution is -0.178. The van der Waals surface area contributed by atoms with E-state index in [-0.39, 0.29) is 0 Å². The molecular formula is C22H26O6. The zero-order chi connectivity index (χ0) is 20.5. The van der Waals surface area contributed by atoms with Crippen molar-refractivity contribution in [1.82, 2.24) is 0 Å². The minimum Gasteiger partial charge on any atom is -0.457 e. The topological polar surface area (TPSA) is 71.1 Å². The lowest BCUT2D eigenvalue weighted by atomic mass is 10.1. The molecule has 0 heterocycles. The summed E-state index contributed by atoms with van der Waals surface area (Å²) in [5.74, 6) is -1.09. The number of ether oxygens (including phenoxy) is 4. The van der Waals surface area contributed by atoms with Crippen molar-refractivity contribution in [2.24, 2.45) is 0 Å². The highest BCUT2D eigenvalue weighted by Gasteiger charge is 2.29. The van der Waals surface area contributed by atoms with Crippen LogP contribution < -0.4 is 0 Å². The number of esters is 2. The summed E-state index contributed by atoms with van der Waals surface area (Å²) < 4.78 is 21.5. The van der Waals surface area contributed by atoms with Crippen molar-refractivity contribution >= 4 is 11.9 Å². The third-order valence-corrected chi connectivity index (χ3v) is 4.37. The van der Waals surface area contributed by atoms with Crippen molar-refractivity contribution in [2.75, 3.05) is 14.2 Å². The van der Waals surface area contributed by atoms with Crippen molar-refractivity contribution < 1.29 is 28.5 Å². The molecular weight excluding hydrogens is 360 g/mol. The van der Waals surface area contributed by atoms with Gasteiger partial charge >= 0.3 is 11.9 Å². The van der Waals surface area contributed by atoms with E-state index in [0.717, 1.165) is 0 Å². The summed E-state index contributed by atoms with van der Waals surface area (Å²) in [6.07, 6.45) is -3.01. The zero-order valence-electron chi connectivity index (χ0n) is 16.5. The minimum atomic E-state index is -0.845. The molecule has 6 heteroatoms. The summed E-state index contributed by atoms with van der Waals surface area (Å²) in [6.45, 7) is 3.33. The first kappa shape index (κ1) is 21.6. The predicted molar refractivity (Wildman–Crippen MR) is 103 cm³/mol. The largest absolute Gasteiger partial charge is 0.457 e. The normalized spacial score (nSPS) is 15.1. The Hall–Kier alpha value is -2.70. The molecule has 0 N–H and O–H groups in total. The lowest BCUT2D eigenvalue weighted by Crippen LogP contribution is -2.34. The van der Waals surface area contributed by atoms with Gasteiger partial charge in [0.2, 0.25) is 0 Å². The highest BCUT2D eigenvalue weighted by Crippen LogP contribution is 2.22. The highest BCUT2D eigenvalue weighted by molar-refractivity contribution is 5.77. The van der Waals surface area contributed by atoms with Crippen molar-refractivity contribution in [1.29, 1.82) is 0 Å². The van der Waals surface area contributed by atoms with Crippen LogP contribution in [0.15, 0.2) is 60.7 Å². The molecule has 0 saturated carbocycles. The Labute approximate surface area is 165 Å². The van der Waals surface area contributed by atoms with Gasteiger partial charge in [0.1, 0.15) is 12.2 Å². The molecule has 0 aliphatic heterocycles. The second-order valence-corrected chi connectivity index (χ2v) is 6.34. The van der Waals surface area contributed by atoms with E-state index in [1.54, 1.807) is 38.1 Å². The molecule has 0 radical (unpaired) electrons. The molecule has 2 rings (SSSR count). The number of hydrogen-bond acceptors (Lipinski definition) is 6. The third kappa shape index (κ3) is 5.65. The maximum absolute atomic E-state index is 12.5. The molecule has 28 heavy (non-hydrogen) atoms. The van der Waals surface area contributed by atoms with Crippen molar-refractivity contribution in [2.45, 2.75) is 38.3 Å². The molecule has 0 aliphatic rings. The van der Waals surface area contributed by atoms with E-state index in [4.69, 9.17) is 18.9 Å². The Bertz CT molecular complexity index is 681. The molecule has 0 aliphatic carbocycles. The summed E-state index contributed by atoms with van der Waals surface area (Å²) >= 11 is 0. The van der Waals surface area contributed by atoms with Gasteiger partial charge in [-0.1, -0.05) is 60.7 Å². The van der Waals surface area contributed by atoms with Gasteiger partial charge in [-0.25, -0.2) is 9.59 Å². The van der Waals surface area contributed by atoms with Crippen LogP contribution in [0.5, 0.6) is 0 Å². The van der Waals surface area contributed by atoms with E-state index in [1.165, 1.54) is 14.2 Å². The van der Waals surface area contributed by atoms with Crippen LogP contribution in [0.25, 0.3) is 0 Å². The fraction of sp³-hybridized carbons (Fsp3) is 0.364. The number of hydrogen-bond donors (Lipinski definition) is 0. The fourth-order valence-corrected chi connectivity index (χ4v) is 2.67. The maximum Gasteiger partial charge on any atom is 0.340 e. The quantitative estimate of drug-likeness (QED) is 0.613. The second kappa shape index (κ2) is 10.6. The van der Waals surface area contributed by atoms with Crippen LogP contribution in [0.1, 0.15) is 37.2 Å². The molecule has 0 saturated heterocycles. The van der Waals surface area contributed by atoms with Crippen LogP contribution in [0.2, 0.25) is 0 Å². The molecule has 0 spiro atoms. The first-order valence-electron chi connectivity index (χ1n) is 9.04. The van der Waals surface area contributed by atoms with Crippen LogP contribution in [-0.4, -0.2) is 38.4 Å². The Balaban J connectivity index is 1.97. The molecule has 0 amide bonds. The molecule has 2 aromatic rings. The van der Waals surface area contributed by atoms with Crippen LogP contribution >= 0.6 is 0 Å². The van der Waals surface area contributed by atoms with E-state index < -0.39 is 36.4 Å². The molecule has 2 aromatic carbocycles. The van der Waals surface area contributed by atoms with E-state index >= 15 is 0 Å². The molecule has 0 fully saturated rings. The first-order valence-corrected chi connectivity index (χ1v) is 9.04. The average Bonchev–Trinajstić information content (AvgIpc) is 2.70. The zero-order valence-corrected chi connectivity index (χ0v) is 16.5. The van der Waals surface area contributed by atoms with Gasteiger partial charge in [-0.15, -0.1) is 0 Å². The SMILES string of the molecule is CO[C@@H](C(=O)O[C@@H](C)[C@@H](C)OC(=O)[C@H](OC)c1ccccc1)c1ccccc1.